The third-order valence-electron chi connectivity index (χ3n) is 3.80. The summed E-state index contributed by atoms with van der Waals surface area (Å²) in [6.45, 7) is 0. The van der Waals surface area contributed by atoms with Crippen molar-refractivity contribution in [3.8, 4) is 11.6 Å². The van der Waals surface area contributed by atoms with Gasteiger partial charge in [0.25, 0.3) is 0 Å². The van der Waals surface area contributed by atoms with E-state index in [2.05, 4.69) is 20.6 Å². The fraction of sp³-hybridized carbons (Fsp3) is 0.0526. The van der Waals surface area contributed by atoms with Crippen molar-refractivity contribution in [2.24, 2.45) is 5.73 Å². The van der Waals surface area contributed by atoms with Crippen molar-refractivity contribution >= 4 is 29.1 Å². The Balaban J connectivity index is 1.68. The maximum Gasteiger partial charge on any atom is 0.416 e. The van der Waals surface area contributed by atoms with E-state index in [0.717, 1.165) is 6.07 Å². The van der Waals surface area contributed by atoms with Crippen molar-refractivity contribution in [3.63, 3.8) is 0 Å². The second-order valence-corrected chi connectivity index (χ2v) is 6.15. The number of rotatable bonds is 5. The van der Waals surface area contributed by atoms with Gasteiger partial charge < -0.3 is 26.8 Å². The van der Waals surface area contributed by atoms with Gasteiger partial charge in [0.15, 0.2) is 0 Å². The van der Waals surface area contributed by atoms with Crippen molar-refractivity contribution in [1.29, 1.82) is 0 Å². The van der Waals surface area contributed by atoms with E-state index in [1.807, 2.05) is 0 Å². The van der Waals surface area contributed by atoms with Gasteiger partial charge in [0, 0.05) is 23.0 Å². The third-order valence-corrected chi connectivity index (χ3v) is 3.80. The van der Waals surface area contributed by atoms with E-state index in [4.69, 9.17) is 16.2 Å². The average molecular weight is 432 g/mol. The fourth-order valence-electron chi connectivity index (χ4n) is 2.44. The zero-order valence-corrected chi connectivity index (χ0v) is 15.6. The van der Waals surface area contributed by atoms with Crippen LogP contribution >= 0.6 is 0 Å². The Morgan fingerprint density at radius 2 is 1.61 bits per heavy atom. The molecule has 0 aliphatic heterocycles. The second kappa shape index (κ2) is 8.57. The number of ether oxygens (including phenoxy) is 1. The van der Waals surface area contributed by atoms with E-state index >= 15 is 0 Å². The first-order valence-corrected chi connectivity index (χ1v) is 8.56. The summed E-state index contributed by atoms with van der Waals surface area (Å²) in [7, 11) is 0. The molecule has 0 aliphatic carbocycles. The van der Waals surface area contributed by atoms with E-state index in [0.29, 0.717) is 23.6 Å². The predicted octanol–water partition coefficient (Wildman–Crippen LogP) is 3.61. The summed E-state index contributed by atoms with van der Waals surface area (Å²) in [4.78, 5) is 31.1. The minimum Gasteiger partial charge on any atom is -0.439 e. The number of carbonyl (C=O) groups is 2. The van der Waals surface area contributed by atoms with Crippen LogP contribution in [0.2, 0.25) is 0 Å². The minimum atomic E-state index is -4.72. The Morgan fingerprint density at radius 1 is 0.935 bits per heavy atom. The van der Waals surface area contributed by atoms with Gasteiger partial charge in [0.05, 0.1) is 5.56 Å². The van der Waals surface area contributed by atoms with Gasteiger partial charge in [0.1, 0.15) is 17.9 Å². The summed E-state index contributed by atoms with van der Waals surface area (Å²) in [6, 6.07) is 9.00. The second-order valence-electron chi connectivity index (χ2n) is 6.15. The highest BCUT2D eigenvalue weighted by atomic mass is 19.4. The van der Waals surface area contributed by atoms with Crippen LogP contribution in [0.4, 0.5) is 35.2 Å². The predicted molar refractivity (Wildman–Crippen MR) is 106 cm³/mol. The molecule has 0 fully saturated rings. The van der Waals surface area contributed by atoms with Gasteiger partial charge in [-0.2, -0.15) is 13.2 Å². The zero-order chi connectivity index (χ0) is 22.6. The average Bonchev–Trinajstić information content (AvgIpc) is 2.68. The van der Waals surface area contributed by atoms with Crippen LogP contribution in [-0.2, 0) is 6.18 Å². The molecule has 1 aromatic heterocycles. The Hall–Kier alpha value is -4.35. The van der Waals surface area contributed by atoms with E-state index < -0.39 is 29.2 Å². The topological polar surface area (TPSA) is 145 Å². The molecule has 0 saturated heterocycles. The number of hydrogen-bond donors (Lipinski definition) is 4. The van der Waals surface area contributed by atoms with Crippen LogP contribution in [0.5, 0.6) is 11.6 Å². The van der Waals surface area contributed by atoms with Crippen molar-refractivity contribution < 1.29 is 27.5 Å². The Bertz CT molecular complexity index is 1120. The lowest BCUT2D eigenvalue weighted by molar-refractivity contribution is -0.137. The monoisotopic (exact) mass is 432 g/mol. The Labute approximate surface area is 173 Å². The normalized spacial score (nSPS) is 10.9. The minimum absolute atomic E-state index is 0.223. The SMILES string of the molecule is NC(=O)c1cc(NC(=O)Nc2ccc(Oc3cc(N)ncn3)cc2)cc(C(F)(F)F)c1. The first kappa shape index (κ1) is 21.4. The zero-order valence-electron chi connectivity index (χ0n) is 15.6. The van der Waals surface area contributed by atoms with E-state index in [1.54, 1.807) is 0 Å². The third kappa shape index (κ3) is 5.82. The summed E-state index contributed by atoms with van der Waals surface area (Å²) in [6.07, 6.45) is -3.48. The number of amides is 3. The molecule has 0 saturated carbocycles. The molecular formula is C19H15F3N6O3. The molecule has 0 radical (unpaired) electrons. The first-order valence-electron chi connectivity index (χ1n) is 8.56. The van der Waals surface area contributed by atoms with Crippen molar-refractivity contribution in [3.05, 3.63) is 66.0 Å². The van der Waals surface area contributed by atoms with Crippen LogP contribution < -0.4 is 26.8 Å². The summed E-state index contributed by atoms with van der Waals surface area (Å²) in [5.41, 5.74) is 9.17. The number of primary amides is 1. The number of halogens is 3. The molecule has 31 heavy (non-hydrogen) atoms. The van der Waals surface area contributed by atoms with Gasteiger partial charge in [-0.05, 0) is 42.5 Å². The summed E-state index contributed by atoms with van der Waals surface area (Å²) < 4.78 is 44.5. The number of alkyl halides is 3. The van der Waals surface area contributed by atoms with Crippen molar-refractivity contribution in [1.82, 2.24) is 9.97 Å². The molecule has 0 aliphatic rings. The quantitative estimate of drug-likeness (QED) is 0.485. The Morgan fingerprint density at radius 3 is 2.23 bits per heavy atom. The molecule has 0 unspecified atom stereocenters. The smallest absolute Gasteiger partial charge is 0.416 e. The number of nitrogens with one attached hydrogen (secondary N) is 2. The van der Waals surface area contributed by atoms with Crippen LogP contribution in [0.25, 0.3) is 0 Å². The number of carbonyl (C=O) groups excluding carboxylic acids is 2. The molecule has 0 atom stereocenters. The van der Waals surface area contributed by atoms with Crippen LogP contribution in [0.3, 0.4) is 0 Å². The first-order chi connectivity index (χ1) is 14.6. The van der Waals surface area contributed by atoms with Gasteiger partial charge in [0.2, 0.25) is 11.8 Å². The summed E-state index contributed by atoms with van der Waals surface area (Å²) >= 11 is 0. The largest absolute Gasteiger partial charge is 0.439 e. The number of anilines is 3. The lowest BCUT2D eigenvalue weighted by atomic mass is 10.1. The molecule has 0 bridgehead atoms. The van der Waals surface area contributed by atoms with Gasteiger partial charge >= 0.3 is 12.2 Å². The molecule has 3 aromatic rings. The van der Waals surface area contributed by atoms with E-state index in [-0.39, 0.29) is 17.4 Å². The molecule has 3 amide bonds. The highest BCUT2D eigenvalue weighted by Gasteiger charge is 2.31. The number of benzene rings is 2. The number of nitrogens with zero attached hydrogens (tertiary/aromatic N) is 2. The molecule has 0 spiro atoms. The van der Waals surface area contributed by atoms with Crippen LogP contribution in [0.1, 0.15) is 15.9 Å². The van der Waals surface area contributed by atoms with Crippen LogP contribution in [-0.4, -0.2) is 21.9 Å². The van der Waals surface area contributed by atoms with Gasteiger partial charge in [-0.1, -0.05) is 0 Å². The van der Waals surface area contributed by atoms with Crippen molar-refractivity contribution in [2.45, 2.75) is 6.18 Å². The maximum absolute atomic E-state index is 13.0. The highest BCUT2D eigenvalue weighted by molar-refractivity contribution is 6.01. The van der Waals surface area contributed by atoms with Crippen LogP contribution in [0.15, 0.2) is 54.9 Å². The van der Waals surface area contributed by atoms with Crippen molar-refractivity contribution in [2.75, 3.05) is 16.4 Å². The number of urea groups is 1. The summed E-state index contributed by atoms with van der Waals surface area (Å²) in [5, 5.41) is 4.69. The molecule has 9 nitrogen and oxygen atoms in total. The lowest BCUT2D eigenvalue weighted by Gasteiger charge is -2.13. The summed E-state index contributed by atoms with van der Waals surface area (Å²) in [5.74, 6) is -0.210. The molecule has 3 rings (SSSR count). The highest BCUT2D eigenvalue weighted by Crippen LogP contribution is 2.32. The molecule has 2 aromatic carbocycles. The fourth-order valence-corrected chi connectivity index (χ4v) is 2.44. The standard InChI is InChI=1S/C19H15F3N6O3/c20-19(21,22)11-5-10(17(24)29)6-13(7-11)28-18(30)27-12-1-3-14(4-2-12)31-16-8-15(23)25-9-26-16/h1-9H,(H2,24,29)(H2,23,25,26)(H2,27,28,30). The maximum atomic E-state index is 13.0. The molecule has 12 heteroatoms. The Kier molecular flexibility index (Phi) is 5.90. The molecular weight excluding hydrogens is 417 g/mol. The van der Waals surface area contributed by atoms with Gasteiger partial charge in [-0.25, -0.2) is 14.8 Å². The van der Waals surface area contributed by atoms with Gasteiger partial charge in [-0.3, -0.25) is 4.79 Å². The number of nitrogens with two attached hydrogens (primary N) is 2. The lowest BCUT2D eigenvalue weighted by Crippen LogP contribution is -2.21. The van der Waals surface area contributed by atoms with Crippen LogP contribution in [0, 0.1) is 0 Å². The number of nitrogen functional groups attached to an aromatic ring is 1. The molecule has 160 valence electrons. The molecule has 6 N–H and O–H groups in total. The number of aromatic nitrogens is 2. The van der Waals surface area contributed by atoms with E-state index in [1.165, 1.54) is 36.7 Å². The molecule has 1 heterocycles. The van der Waals surface area contributed by atoms with Gasteiger partial charge in [-0.15, -0.1) is 0 Å². The van der Waals surface area contributed by atoms with E-state index in [9.17, 15) is 22.8 Å². The number of hydrogen-bond acceptors (Lipinski definition) is 6.